The highest BCUT2D eigenvalue weighted by atomic mass is 16.6. The molecule has 0 bridgehead atoms. The molecule has 0 aromatic heterocycles. The molecular weight excluding hydrogens is 272 g/mol. The fraction of sp³-hybridized carbons (Fsp3) is 0.533. The number of nitro benzene ring substituents is 1. The van der Waals surface area contributed by atoms with Gasteiger partial charge in [-0.25, -0.2) is 0 Å². The Kier molecular flexibility index (Phi) is 5.27. The molecule has 0 spiro atoms. The standard InChI is InChI=1S/C15H20N2O4/c18-10-11-5-7-13(8-6-11)16-15(19)9-12-3-1-2-4-14(12)17(20)21/h1-4,11,13,18H,5-10H2,(H,16,19). The molecule has 6 heteroatoms. The molecule has 1 amide bonds. The lowest BCUT2D eigenvalue weighted by atomic mass is 9.86. The van der Waals surface area contributed by atoms with Crippen molar-refractivity contribution in [2.45, 2.75) is 38.1 Å². The van der Waals surface area contributed by atoms with E-state index in [1.165, 1.54) is 6.07 Å². The van der Waals surface area contributed by atoms with Gasteiger partial charge in [0.2, 0.25) is 5.91 Å². The van der Waals surface area contributed by atoms with E-state index < -0.39 is 4.92 Å². The Balaban J connectivity index is 1.89. The van der Waals surface area contributed by atoms with Crippen molar-refractivity contribution in [3.63, 3.8) is 0 Å². The first-order chi connectivity index (χ1) is 10.1. The number of nitro groups is 1. The number of rotatable bonds is 5. The van der Waals surface area contributed by atoms with Crippen molar-refractivity contribution in [3.8, 4) is 0 Å². The summed E-state index contributed by atoms with van der Waals surface area (Å²) < 4.78 is 0. The first-order valence-electron chi connectivity index (χ1n) is 7.22. The van der Waals surface area contributed by atoms with E-state index in [4.69, 9.17) is 5.11 Å². The van der Waals surface area contributed by atoms with Crippen LogP contribution in [0, 0.1) is 16.0 Å². The average molecular weight is 292 g/mol. The Labute approximate surface area is 123 Å². The van der Waals surface area contributed by atoms with Crippen molar-refractivity contribution in [2.75, 3.05) is 6.61 Å². The van der Waals surface area contributed by atoms with Gasteiger partial charge in [-0.1, -0.05) is 18.2 Å². The van der Waals surface area contributed by atoms with E-state index in [9.17, 15) is 14.9 Å². The second-order valence-corrected chi connectivity index (χ2v) is 5.53. The highest BCUT2D eigenvalue weighted by Gasteiger charge is 2.23. The number of nitrogens with zero attached hydrogens (tertiary/aromatic N) is 1. The quantitative estimate of drug-likeness (QED) is 0.639. The summed E-state index contributed by atoms with van der Waals surface area (Å²) in [6.45, 7) is 0.205. The molecule has 0 radical (unpaired) electrons. The summed E-state index contributed by atoms with van der Waals surface area (Å²) in [5, 5.41) is 22.9. The number of para-hydroxylation sites is 1. The van der Waals surface area contributed by atoms with Crippen molar-refractivity contribution in [1.29, 1.82) is 0 Å². The van der Waals surface area contributed by atoms with Gasteiger partial charge in [0.15, 0.2) is 0 Å². The number of hydrogen-bond donors (Lipinski definition) is 2. The van der Waals surface area contributed by atoms with Crippen LogP contribution in [0.15, 0.2) is 24.3 Å². The van der Waals surface area contributed by atoms with Gasteiger partial charge in [-0.05, 0) is 31.6 Å². The van der Waals surface area contributed by atoms with Crippen LogP contribution in [0.5, 0.6) is 0 Å². The number of aliphatic hydroxyl groups excluding tert-OH is 1. The third-order valence-corrected chi connectivity index (χ3v) is 4.01. The lowest BCUT2D eigenvalue weighted by molar-refractivity contribution is -0.385. The Hall–Kier alpha value is -1.95. The fourth-order valence-electron chi connectivity index (χ4n) is 2.78. The molecule has 0 atom stereocenters. The van der Waals surface area contributed by atoms with Crippen LogP contribution >= 0.6 is 0 Å². The van der Waals surface area contributed by atoms with Gasteiger partial charge in [0.1, 0.15) is 0 Å². The van der Waals surface area contributed by atoms with Crippen LogP contribution in [-0.2, 0) is 11.2 Å². The number of nitrogens with one attached hydrogen (secondary N) is 1. The molecule has 1 saturated carbocycles. The van der Waals surface area contributed by atoms with Gasteiger partial charge in [0.25, 0.3) is 5.69 Å². The summed E-state index contributed by atoms with van der Waals surface area (Å²) in [6.07, 6.45) is 3.55. The van der Waals surface area contributed by atoms with Gasteiger partial charge in [0.05, 0.1) is 11.3 Å². The number of carbonyl (C=O) groups excluding carboxylic acids is 1. The summed E-state index contributed by atoms with van der Waals surface area (Å²) in [4.78, 5) is 22.5. The average Bonchev–Trinajstić information content (AvgIpc) is 2.48. The molecule has 1 aliphatic carbocycles. The summed E-state index contributed by atoms with van der Waals surface area (Å²) in [5.74, 6) is 0.158. The maximum absolute atomic E-state index is 12.0. The van der Waals surface area contributed by atoms with Crippen molar-refractivity contribution in [1.82, 2.24) is 5.32 Å². The molecule has 0 heterocycles. The number of benzene rings is 1. The second kappa shape index (κ2) is 7.17. The third kappa shape index (κ3) is 4.26. The van der Waals surface area contributed by atoms with Crippen LogP contribution in [0.2, 0.25) is 0 Å². The molecule has 0 unspecified atom stereocenters. The Morgan fingerprint density at radius 2 is 1.95 bits per heavy atom. The van der Waals surface area contributed by atoms with Crippen LogP contribution < -0.4 is 5.32 Å². The van der Waals surface area contributed by atoms with Crippen molar-refractivity contribution in [2.24, 2.45) is 5.92 Å². The van der Waals surface area contributed by atoms with E-state index in [0.717, 1.165) is 25.7 Å². The van der Waals surface area contributed by atoms with Gasteiger partial charge in [-0.15, -0.1) is 0 Å². The van der Waals surface area contributed by atoms with Crippen LogP contribution in [-0.4, -0.2) is 28.6 Å². The molecule has 21 heavy (non-hydrogen) atoms. The topological polar surface area (TPSA) is 92.5 Å². The molecule has 2 N–H and O–H groups in total. The smallest absolute Gasteiger partial charge is 0.273 e. The predicted molar refractivity (Wildman–Crippen MR) is 77.8 cm³/mol. The van der Waals surface area contributed by atoms with Crippen molar-refractivity contribution in [3.05, 3.63) is 39.9 Å². The zero-order valence-electron chi connectivity index (χ0n) is 11.8. The first-order valence-corrected chi connectivity index (χ1v) is 7.22. The van der Waals surface area contributed by atoms with E-state index in [1.807, 2.05) is 0 Å². The van der Waals surface area contributed by atoms with E-state index in [1.54, 1.807) is 18.2 Å². The third-order valence-electron chi connectivity index (χ3n) is 4.01. The molecular formula is C15H20N2O4. The molecule has 114 valence electrons. The number of carbonyl (C=O) groups is 1. The van der Waals surface area contributed by atoms with Gasteiger partial charge in [0, 0.05) is 24.3 Å². The first kappa shape index (κ1) is 15.4. The summed E-state index contributed by atoms with van der Waals surface area (Å²) >= 11 is 0. The van der Waals surface area contributed by atoms with Crippen LogP contribution in [0.25, 0.3) is 0 Å². The van der Waals surface area contributed by atoms with Gasteiger partial charge >= 0.3 is 0 Å². The molecule has 6 nitrogen and oxygen atoms in total. The zero-order valence-corrected chi connectivity index (χ0v) is 11.8. The zero-order chi connectivity index (χ0) is 15.2. The van der Waals surface area contributed by atoms with Gasteiger partial charge in [-0.2, -0.15) is 0 Å². The van der Waals surface area contributed by atoms with Crippen molar-refractivity contribution < 1.29 is 14.8 Å². The minimum absolute atomic E-state index is 0.0170. The summed E-state index contributed by atoms with van der Waals surface area (Å²) in [6, 6.07) is 6.43. The molecule has 0 saturated heterocycles. The summed E-state index contributed by atoms with van der Waals surface area (Å²) in [7, 11) is 0. The van der Waals surface area contributed by atoms with E-state index in [-0.39, 0.29) is 30.7 Å². The maximum atomic E-state index is 12.0. The Bertz CT molecular complexity index is 510. The Morgan fingerprint density at radius 1 is 1.29 bits per heavy atom. The number of aliphatic hydroxyl groups is 1. The van der Waals surface area contributed by atoms with Gasteiger partial charge in [-0.3, -0.25) is 14.9 Å². The Morgan fingerprint density at radius 3 is 2.57 bits per heavy atom. The van der Waals surface area contributed by atoms with E-state index in [0.29, 0.717) is 11.5 Å². The number of hydrogen-bond acceptors (Lipinski definition) is 4. The largest absolute Gasteiger partial charge is 0.396 e. The monoisotopic (exact) mass is 292 g/mol. The van der Waals surface area contributed by atoms with E-state index >= 15 is 0 Å². The highest BCUT2D eigenvalue weighted by molar-refractivity contribution is 5.80. The maximum Gasteiger partial charge on any atom is 0.273 e. The van der Waals surface area contributed by atoms with Crippen LogP contribution in [0.3, 0.4) is 0 Å². The fourth-order valence-corrected chi connectivity index (χ4v) is 2.78. The molecule has 1 aliphatic rings. The minimum Gasteiger partial charge on any atom is -0.396 e. The molecule has 1 fully saturated rings. The van der Waals surface area contributed by atoms with Gasteiger partial charge < -0.3 is 10.4 Å². The number of amides is 1. The SMILES string of the molecule is O=C(Cc1ccccc1[N+](=O)[O-])NC1CCC(CO)CC1. The van der Waals surface area contributed by atoms with Crippen LogP contribution in [0.1, 0.15) is 31.2 Å². The van der Waals surface area contributed by atoms with Crippen LogP contribution in [0.4, 0.5) is 5.69 Å². The lowest BCUT2D eigenvalue weighted by Crippen LogP contribution is -2.38. The minimum atomic E-state index is -0.463. The second-order valence-electron chi connectivity index (χ2n) is 5.53. The highest BCUT2D eigenvalue weighted by Crippen LogP contribution is 2.24. The predicted octanol–water partition coefficient (Wildman–Crippen LogP) is 1.80. The summed E-state index contributed by atoms with van der Waals surface area (Å²) in [5.41, 5.74) is 0.417. The van der Waals surface area contributed by atoms with Crippen molar-refractivity contribution >= 4 is 11.6 Å². The molecule has 0 aliphatic heterocycles. The lowest BCUT2D eigenvalue weighted by Gasteiger charge is -2.27. The molecule has 1 aromatic rings. The van der Waals surface area contributed by atoms with E-state index in [2.05, 4.69) is 5.32 Å². The molecule has 2 rings (SSSR count). The molecule has 1 aromatic carbocycles. The normalized spacial score (nSPS) is 21.8.